The van der Waals surface area contributed by atoms with Gasteiger partial charge in [-0.25, -0.2) is 9.18 Å². The van der Waals surface area contributed by atoms with Crippen LogP contribution in [0.15, 0.2) is 18.2 Å². The molecule has 4 nitrogen and oxygen atoms in total. The van der Waals surface area contributed by atoms with Crippen molar-refractivity contribution < 1.29 is 18.7 Å². The molecule has 0 unspecified atom stereocenters. The Kier molecular flexibility index (Phi) is 5.05. The third-order valence-electron chi connectivity index (χ3n) is 5.11. The smallest absolute Gasteiger partial charge is 0.410 e. The summed E-state index contributed by atoms with van der Waals surface area (Å²) in [4.78, 5) is 14.4. The number of halogens is 1. The normalized spacial score (nSPS) is 26.0. The summed E-state index contributed by atoms with van der Waals surface area (Å²) in [6.07, 6.45) is 3.41. The van der Waals surface area contributed by atoms with Crippen molar-refractivity contribution in [2.75, 3.05) is 0 Å². The van der Waals surface area contributed by atoms with Gasteiger partial charge in [-0.1, -0.05) is 12.1 Å². The molecule has 5 heteroatoms. The van der Waals surface area contributed by atoms with E-state index in [2.05, 4.69) is 0 Å². The molecule has 2 fully saturated rings. The van der Waals surface area contributed by atoms with Gasteiger partial charge in [0.15, 0.2) is 0 Å². The molecule has 0 saturated carbocycles. The van der Waals surface area contributed by atoms with Gasteiger partial charge in [0.25, 0.3) is 0 Å². The SMILES string of the molecule is Cc1cccc(F)c1CO[C@H]1C[C@H]2CC[C@@H](C1)N2C(=O)OC(C)(C)C. The summed E-state index contributed by atoms with van der Waals surface area (Å²) in [5.41, 5.74) is 1.06. The predicted octanol–water partition coefficient (Wildman–Crippen LogP) is 4.58. The average Bonchev–Trinajstić information content (AvgIpc) is 2.76. The zero-order valence-electron chi connectivity index (χ0n) is 15.5. The lowest BCUT2D eigenvalue weighted by molar-refractivity contribution is -0.0402. The van der Waals surface area contributed by atoms with E-state index in [1.807, 2.05) is 38.7 Å². The van der Waals surface area contributed by atoms with Gasteiger partial charge in [0.2, 0.25) is 0 Å². The summed E-state index contributed by atoms with van der Waals surface area (Å²) >= 11 is 0. The van der Waals surface area contributed by atoms with E-state index in [9.17, 15) is 9.18 Å². The molecule has 1 amide bonds. The maximum Gasteiger partial charge on any atom is 0.410 e. The number of carbonyl (C=O) groups excluding carboxylic acids is 1. The molecule has 0 aromatic heterocycles. The van der Waals surface area contributed by atoms with Gasteiger partial charge in [-0.15, -0.1) is 0 Å². The Morgan fingerprint density at radius 1 is 1.24 bits per heavy atom. The van der Waals surface area contributed by atoms with E-state index in [-0.39, 0.29) is 36.7 Å². The van der Waals surface area contributed by atoms with Gasteiger partial charge in [-0.3, -0.25) is 0 Å². The number of fused-ring (bicyclic) bond motifs is 2. The van der Waals surface area contributed by atoms with Crippen molar-refractivity contribution in [1.82, 2.24) is 4.90 Å². The van der Waals surface area contributed by atoms with E-state index in [0.717, 1.165) is 31.2 Å². The molecule has 138 valence electrons. The van der Waals surface area contributed by atoms with Crippen LogP contribution in [0.4, 0.5) is 9.18 Å². The van der Waals surface area contributed by atoms with Crippen molar-refractivity contribution in [1.29, 1.82) is 0 Å². The standard InChI is InChI=1S/C20H28FNO3/c1-13-6-5-7-18(21)17(13)12-24-16-10-14-8-9-15(11-16)22(14)19(23)25-20(2,3)4/h5-7,14-16H,8-12H2,1-4H3/t14-,15+,16+. The molecule has 0 radical (unpaired) electrons. The molecule has 0 spiro atoms. The molecular weight excluding hydrogens is 321 g/mol. The van der Waals surface area contributed by atoms with Gasteiger partial charge in [-0.2, -0.15) is 0 Å². The minimum absolute atomic E-state index is 0.0650. The molecule has 1 aromatic rings. The number of hydrogen-bond acceptors (Lipinski definition) is 3. The zero-order chi connectivity index (χ0) is 18.2. The van der Waals surface area contributed by atoms with E-state index in [1.165, 1.54) is 6.07 Å². The highest BCUT2D eigenvalue weighted by atomic mass is 19.1. The van der Waals surface area contributed by atoms with Crippen molar-refractivity contribution in [2.45, 2.75) is 83.8 Å². The van der Waals surface area contributed by atoms with Gasteiger partial charge in [0.1, 0.15) is 11.4 Å². The molecule has 1 aromatic carbocycles. The Hall–Kier alpha value is -1.62. The first kappa shape index (κ1) is 18.2. The zero-order valence-corrected chi connectivity index (χ0v) is 15.5. The highest BCUT2D eigenvalue weighted by Crippen LogP contribution is 2.38. The number of carbonyl (C=O) groups is 1. The van der Waals surface area contributed by atoms with Crippen LogP contribution in [0.3, 0.4) is 0 Å². The number of nitrogens with zero attached hydrogens (tertiary/aromatic N) is 1. The Labute approximate surface area is 149 Å². The van der Waals surface area contributed by atoms with Crippen LogP contribution in [0.5, 0.6) is 0 Å². The van der Waals surface area contributed by atoms with Crippen LogP contribution < -0.4 is 0 Å². The number of ether oxygens (including phenoxy) is 2. The van der Waals surface area contributed by atoms with Crippen molar-refractivity contribution >= 4 is 6.09 Å². The molecule has 2 aliphatic rings. The Balaban J connectivity index is 1.59. The summed E-state index contributed by atoms with van der Waals surface area (Å²) in [5, 5.41) is 0. The molecule has 2 saturated heterocycles. The van der Waals surface area contributed by atoms with E-state index in [4.69, 9.17) is 9.47 Å². The van der Waals surface area contributed by atoms with Crippen LogP contribution >= 0.6 is 0 Å². The summed E-state index contributed by atoms with van der Waals surface area (Å²) < 4.78 is 25.5. The molecule has 3 rings (SSSR count). The lowest BCUT2D eigenvalue weighted by Gasteiger charge is -2.39. The Bertz CT molecular complexity index is 606. The summed E-state index contributed by atoms with van der Waals surface area (Å²) in [7, 11) is 0. The highest BCUT2D eigenvalue weighted by molar-refractivity contribution is 5.69. The van der Waals surface area contributed by atoms with Crippen molar-refractivity contribution in [3.8, 4) is 0 Å². The second-order valence-electron chi connectivity index (χ2n) is 8.21. The molecule has 0 N–H and O–H groups in total. The van der Waals surface area contributed by atoms with E-state index < -0.39 is 5.60 Å². The molecule has 3 atom stereocenters. The second kappa shape index (κ2) is 6.94. The van der Waals surface area contributed by atoms with Crippen LogP contribution in [0.1, 0.15) is 57.6 Å². The number of amides is 1. The largest absolute Gasteiger partial charge is 0.444 e. The number of rotatable bonds is 3. The number of benzene rings is 1. The number of aryl methyl sites for hydroxylation is 1. The molecular formula is C20H28FNO3. The van der Waals surface area contributed by atoms with Crippen LogP contribution in [-0.2, 0) is 16.1 Å². The summed E-state index contributed by atoms with van der Waals surface area (Å²) in [6, 6.07) is 5.42. The van der Waals surface area contributed by atoms with Crippen LogP contribution in [-0.4, -0.2) is 34.8 Å². The Morgan fingerprint density at radius 3 is 2.44 bits per heavy atom. The van der Waals surface area contributed by atoms with E-state index in [0.29, 0.717) is 5.56 Å². The average molecular weight is 349 g/mol. The predicted molar refractivity (Wildman–Crippen MR) is 93.8 cm³/mol. The summed E-state index contributed by atoms with van der Waals surface area (Å²) in [6.45, 7) is 7.85. The molecule has 2 bridgehead atoms. The van der Waals surface area contributed by atoms with E-state index in [1.54, 1.807) is 6.07 Å². The first-order valence-corrected chi connectivity index (χ1v) is 9.11. The van der Waals surface area contributed by atoms with Crippen molar-refractivity contribution in [3.63, 3.8) is 0 Å². The van der Waals surface area contributed by atoms with Crippen LogP contribution in [0.25, 0.3) is 0 Å². The fraction of sp³-hybridized carbons (Fsp3) is 0.650. The maximum atomic E-state index is 13.9. The molecule has 25 heavy (non-hydrogen) atoms. The monoisotopic (exact) mass is 349 g/mol. The minimum Gasteiger partial charge on any atom is -0.444 e. The van der Waals surface area contributed by atoms with Gasteiger partial charge in [0, 0.05) is 17.6 Å². The summed E-state index contributed by atoms with van der Waals surface area (Å²) in [5.74, 6) is -0.214. The molecule has 0 aliphatic carbocycles. The van der Waals surface area contributed by atoms with E-state index >= 15 is 0 Å². The third-order valence-corrected chi connectivity index (χ3v) is 5.11. The lowest BCUT2D eigenvalue weighted by atomic mass is 10.00. The van der Waals surface area contributed by atoms with Gasteiger partial charge in [-0.05, 0) is 65.0 Å². The highest BCUT2D eigenvalue weighted by Gasteiger charge is 2.45. The number of piperidine rings is 1. The topological polar surface area (TPSA) is 38.8 Å². The fourth-order valence-corrected chi connectivity index (χ4v) is 3.93. The van der Waals surface area contributed by atoms with Gasteiger partial charge in [0.05, 0.1) is 12.7 Å². The molecule has 2 aliphatic heterocycles. The fourth-order valence-electron chi connectivity index (χ4n) is 3.93. The van der Waals surface area contributed by atoms with Crippen molar-refractivity contribution in [2.24, 2.45) is 0 Å². The Morgan fingerprint density at radius 2 is 1.88 bits per heavy atom. The second-order valence-corrected chi connectivity index (χ2v) is 8.21. The van der Waals surface area contributed by atoms with Crippen LogP contribution in [0, 0.1) is 12.7 Å². The first-order valence-electron chi connectivity index (χ1n) is 9.11. The minimum atomic E-state index is -0.480. The van der Waals surface area contributed by atoms with Gasteiger partial charge >= 0.3 is 6.09 Å². The lowest BCUT2D eigenvalue weighted by Crippen LogP contribution is -2.50. The molecule has 2 heterocycles. The number of hydrogen-bond donors (Lipinski definition) is 0. The van der Waals surface area contributed by atoms with Gasteiger partial charge < -0.3 is 14.4 Å². The van der Waals surface area contributed by atoms with Crippen molar-refractivity contribution in [3.05, 3.63) is 35.1 Å². The van der Waals surface area contributed by atoms with Crippen LogP contribution in [0.2, 0.25) is 0 Å². The quantitative estimate of drug-likeness (QED) is 0.802. The first-order chi connectivity index (χ1) is 11.7. The third kappa shape index (κ3) is 4.14. The maximum absolute atomic E-state index is 13.9.